The van der Waals surface area contributed by atoms with Crippen LogP contribution in [0, 0.1) is 6.92 Å². The summed E-state index contributed by atoms with van der Waals surface area (Å²) in [7, 11) is 0. The average molecular weight is 320 g/mol. The summed E-state index contributed by atoms with van der Waals surface area (Å²) in [4.78, 5) is 8.87. The van der Waals surface area contributed by atoms with Gasteiger partial charge in [0.2, 0.25) is 0 Å². The lowest BCUT2D eigenvalue weighted by atomic mass is 10.0. The Balaban J connectivity index is 2.35. The fraction of sp³-hybridized carbons (Fsp3) is 0.333. The van der Waals surface area contributed by atoms with Crippen LogP contribution in [0.3, 0.4) is 0 Å². The summed E-state index contributed by atoms with van der Waals surface area (Å²) in [6.45, 7) is 5.10. The van der Waals surface area contributed by atoms with Gasteiger partial charge in [0.05, 0.1) is 11.7 Å². The van der Waals surface area contributed by atoms with Gasteiger partial charge in [0.25, 0.3) is 0 Å². The van der Waals surface area contributed by atoms with Crippen molar-refractivity contribution >= 4 is 15.9 Å². The molecule has 0 saturated heterocycles. The molecule has 2 rings (SSSR count). The van der Waals surface area contributed by atoms with E-state index >= 15 is 0 Å². The van der Waals surface area contributed by atoms with Crippen molar-refractivity contribution < 1.29 is 0 Å². The van der Waals surface area contributed by atoms with Crippen molar-refractivity contribution in [2.75, 3.05) is 6.54 Å². The molecule has 0 amide bonds. The van der Waals surface area contributed by atoms with Gasteiger partial charge in [0, 0.05) is 22.6 Å². The molecular weight excluding hydrogens is 302 g/mol. The Morgan fingerprint density at radius 1 is 1.26 bits per heavy atom. The fourth-order valence-corrected chi connectivity index (χ4v) is 2.41. The smallest absolute Gasteiger partial charge is 0.0777 e. The van der Waals surface area contributed by atoms with E-state index in [0.29, 0.717) is 0 Å². The van der Waals surface area contributed by atoms with E-state index in [1.165, 1.54) is 0 Å². The normalized spacial score (nSPS) is 12.4. The molecule has 2 heterocycles. The molecule has 0 fully saturated rings. The summed E-state index contributed by atoms with van der Waals surface area (Å²) >= 11 is 3.58. The summed E-state index contributed by atoms with van der Waals surface area (Å²) in [5, 5.41) is 3.53. The highest BCUT2D eigenvalue weighted by atomic mass is 79.9. The maximum atomic E-state index is 4.49. The SMILES string of the molecule is CCCNC(c1ccc(C)nc1)c1ncccc1Br. The minimum Gasteiger partial charge on any atom is -0.305 e. The maximum absolute atomic E-state index is 4.49. The number of rotatable bonds is 5. The molecule has 0 saturated carbocycles. The van der Waals surface area contributed by atoms with Gasteiger partial charge in [-0.2, -0.15) is 0 Å². The van der Waals surface area contributed by atoms with Crippen molar-refractivity contribution in [1.82, 2.24) is 15.3 Å². The molecule has 0 aliphatic rings. The van der Waals surface area contributed by atoms with E-state index in [9.17, 15) is 0 Å². The lowest BCUT2D eigenvalue weighted by Gasteiger charge is -2.19. The summed E-state index contributed by atoms with van der Waals surface area (Å²) in [6, 6.07) is 8.16. The number of pyridine rings is 2. The van der Waals surface area contributed by atoms with Crippen LogP contribution in [0.1, 0.15) is 36.3 Å². The number of aromatic nitrogens is 2. The molecule has 0 aliphatic carbocycles. The molecule has 1 unspecified atom stereocenters. The van der Waals surface area contributed by atoms with Gasteiger partial charge in [-0.25, -0.2) is 0 Å². The predicted octanol–water partition coefficient (Wildman–Crippen LogP) is 3.64. The largest absolute Gasteiger partial charge is 0.305 e. The van der Waals surface area contributed by atoms with Gasteiger partial charge in [0.15, 0.2) is 0 Å². The number of hydrogen-bond acceptors (Lipinski definition) is 3. The van der Waals surface area contributed by atoms with Crippen molar-refractivity contribution in [3.8, 4) is 0 Å². The first-order valence-corrected chi connectivity index (χ1v) is 7.28. The molecule has 1 atom stereocenters. The van der Waals surface area contributed by atoms with Crippen LogP contribution in [0.25, 0.3) is 0 Å². The average Bonchev–Trinajstić information content (AvgIpc) is 2.43. The molecule has 2 aromatic heterocycles. The van der Waals surface area contributed by atoms with Crippen LogP contribution >= 0.6 is 15.9 Å². The Bertz CT molecular complexity index is 525. The van der Waals surface area contributed by atoms with E-state index in [-0.39, 0.29) is 6.04 Å². The summed E-state index contributed by atoms with van der Waals surface area (Å²) < 4.78 is 1.02. The zero-order valence-corrected chi connectivity index (χ0v) is 12.8. The molecular formula is C15H18BrN3. The Labute approximate surface area is 122 Å². The molecule has 0 aliphatic heterocycles. The summed E-state index contributed by atoms with van der Waals surface area (Å²) in [5.74, 6) is 0. The van der Waals surface area contributed by atoms with Crippen LogP contribution in [0.15, 0.2) is 41.1 Å². The topological polar surface area (TPSA) is 37.8 Å². The van der Waals surface area contributed by atoms with Crippen molar-refractivity contribution in [2.45, 2.75) is 26.3 Å². The van der Waals surface area contributed by atoms with Gasteiger partial charge >= 0.3 is 0 Å². The van der Waals surface area contributed by atoms with E-state index < -0.39 is 0 Å². The van der Waals surface area contributed by atoms with E-state index in [4.69, 9.17) is 0 Å². The van der Waals surface area contributed by atoms with Gasteiger partial charge in [-0.05, 0) is 59.6 Å². The molecule has 4 heteroatoms. The van der Waals surface area contributed by atoms with Crippen LogP contribution in [-0.4, -0.2) is 16.5 Å². The maximum Gasteiger partial charge on any atom is 0.0777 e. The first kappa shape index (κ1) is 14.2. The van der Waals surface area contributed by atoms with E-state index in [0.717, 1.165) is 34.4 Å². The molecule has 0 spiro atoms. The number of aryl methyl sites for hydroxylation is 1. The molecule has 100 valence electrons. The third-order valence-electron chi connectivity index (χ3n) is 2.93. The Morgan fingerprint density at radius 3 is 2.74 bits per heavy atom. The monoisotopic (exact) mass is 319 g/mol. The minimum absolute atomic E-state index is 0.0728. The lowest BCUT2D eigenvalue weighted by Crippen LogP contribution is -2.24. The highest BCUT2D eigenvalue weighted by molar-refractivity contribution is 9.10. The third kappa shape index (κ3) is 3.61. The number of nitrogens with one attached hydrogen (secondary N) is 1. The molecule has 0 bridgehead atoms. The quantitative estimate of drug-likeness (QED) is 0.914. The summed E-state index contributed by atoms with van der Waals surface area (Å²) in [5.41, 5.74) is 3.16. The predicted molar refractivity (Wildman–Crippen MR) is 81.0 cm³/mol. The lowest BCUT2D eigenvalue weighted by molar-refractivity contribution is 0.582. The number of nitrogens with zero attached hydrogens (tertiary/aromatic N) is 2. The van der Waals surface area contributed by atoms with Crippen LogP contribution in [0.4, 0.5) is 0 Å². The van der Waals surface area contributed by atoms with Crippen LogP contribution in [0.5, 0.6) is 0 Å². The van der Waals surface area contributed by atoms with Gasteiger partial charge in [-0.15, -0.1) is 0 Å². The molecule has 19 heavy (non-hydrogen) atoms. The standard InChI is InChI=1S/C15H18BrN3/c1-3-8-17-14(12-7-6-11(2)19-10-12)15-13(16)5-4-9-18-15/h4-7,9-10,14,17H,3,8H2,1-2H3. The zero-order valence-electron chi connectivity index (χ0n) is 11.2. The zero-order chi connectivity index (χ0) is 13.7. The molecule has 3 nitrogen and oxygen atoms in total. The second-order valence-electron chi connectivity index (χ2n) is 4.49. The Hall–Kier alpha value is -1.26. The molecule has 0 radical (unpaired) electrons. The highest BCUT2D eigenvalue weighted by Crippen LogP contribution is 2.26. The van der Waals surface area contributed by atoms with Crippen molar-refractivity contribution in [2.24, 2.45) is 0 Å². The van der Waals surface area contributed by atoms with Crippen molar-refractivity contribution in [3.63, 3.8) is 0 Å². The van der Waals surface area contributed by atoms with Crippen LogP contribution in [-0.2, 0) is 0 Å². The Kier molecular flexibility index (Phi) is 5.05. The Morgan fingerprint density at radius 2 is 2.11 bits per heavy atom. The molecule has 1 N–H and O–H groups in total. The van der Waals surface area contributed by atoms with Crippen LogP contribution in [0.2, 0.25) is 0 Å². The van der Waals surface area contributed by atoms with Gasteiger partial charge in [0.1, 0.15) is 0 Å². The first-order chi connectivity index (χ1) is 9.22. The molecule has 0 aromatic carbocycles. The third-order valence-corrected chi connectivity index (χ3v) is 3.60. The summed E-state index contributed by atoms with van der Waals surface area (Å²) in [6.07, 6.45) is 4.83. The highest BCUT2D eigenvalue weighted by Gasteiger charge is 2.17. The van der Waals surface area contributed by atoms with Crippen molar-refractivity contribution in [3.05, 3.63) is 58.1 Å². The number of hydrogen-bond donors (Lipinski definition) is 1. The van der Waals surface area contributed by atoms with Gasteiger partial charge in [-0.3, -0.25) is 9.97 Å². The first-order valence-electron chi connectivity index (χ1n) is 6.48. The second kappa shape index (κ2) is 6.78. The minimum atomic E-state index is 0.0728. The molecule has 2 aromatic rings. The van der Waals surface area contributed by atoms with E-state index in [1.54, 1.807) is 0 Å². The van der Waals surface area contributed by atoms with Gasteiger partial charge in [-0.1, -0.05) is 13.0 Å². The second-order valence-corrected chi connectivity index (χ2v) is 5.34. The van der Waals surface area contributed by atoms with Crippen LogP contribution < -0.4 is 5.32 Å². The fourth-order valence-electron chi connectivity index (χ4n) is 1.92. The van der Waals surface area contributed by atoms with Crippen molar-refractivity contribution in [1.29, 1.82) is 0 Å². The van der Waals surface area contributed by atoms with E-state index in [1.807, 2.05) is 37.5 Å². The van der Waals surface area contributed by atoms with Gasteiger partial charge < -0.3 is 5.32 Å². The number of halogens is 1. The van der Waals surface area contributed by atoms with E-state index in [2.05, 4.69) is 44.2 Å².